The van der Waals surface area contributed by atoms with Crippen LogP contribution in [0.15, 0.2) is 12.1 Å². The van der Waals surface area contributed by atoms with Crippen LogP contribution in [-0.2, 0) is 4.79 Å². The molecule has 114 valence electrons. The summed E-state index contributed by atoms with van der Waals surface area (Å²) in [4.78, 5) is 29.5. The number of hydrogen-bond donors (Lipinski definition) is 0. The highest BCUT2D eigenvalue weighted by atomic mass is 35.5. The van der Waals surface area contributed by atoms with E-state index in [1.165, 1.54) is 11.3 Å². The molecule has 1 spiro atoms. The van der Waals surface area contributed by atoms with E-state index in [0.29, 0.717) is 22.3 Å². The SMILES string of the molecule is CCCN1CCC2(CCN(C(=O)c3ccc(Cl)s3)C2)C1=O. The number of likely N-dealkylation sites (tertiary alicyclic amines) is 2. The second-order valence-corrected chi connectivity index (χ2v) is 7.62. The average molecular weight is 327 g/mol. The van der Waals surface area contributed by atoms with Crippen molar-refractivity contribution in [1.82, 2.24) is 9.80 Å². The lowest BCUT2D eigenvalue weighted by Gasteiger charge is -2.23. The summed E-state index contributed by atoms with van der Waals surface area (Å²) in [6, 6.07) is 3.51. The number of rotatable bonds is 3. The maximum atomic E-state index is 12.6. The zero-order valence-corrected chi connectivity index (χ0v) is 13.7. The standard InChI is InChI=1S/C15H19ClN2O2S/c1-2-7-17-8-5-15(14(17)20)6-9-18(10-15)13(19)11-3-4-12(16)21-11/h3-4H,2,5-10H2,1H3. The molecule has 2 amide bonds. The molecule has 2 fully saturated rings. The number of hydrogen-bond acceptors (Lipinski definition) is 3. The van der Waals surface area contributed by atoms with Crippen LogP contribution in [0.2, 0.25) is 4.34 Å². The lowest BCUT2D eigenvalue weighted by molar-refractivity contribution is -0.135. The van der Waals surface area contributed by atoms with Gasteiger partial charge in [0.25, 0.3) is 5.91 Å². The number of halogens is 1. The highest BCUT2D eigenvalue weighted by molar-refractivity contribution is 7.17. The number of nitrogens with zero attached hydrogens (tertiary/aromatic N) is 2. The van der Waals surface area contributed by atoms with E-state index < -0.39 is 0 Å². The van der Waals surface area contributed by atoms with Crippen molar-refractivity contribution in [3.63, 3.8) is 0 Å². The van der Waals surface area contributed by atoms with E-state index in [2.05, 4.69) is 6.92 Å². The molecule has 2 aliphatic rings. The molecule has 3 heterocycles. The monoisotopic (exact) mass is 326 g/mol. The fourth-order valence-electron chi connectivity index (χ4n) is 3.39. The number of carbonyl (C=O) groups excluding carboxylic acids is 2. The van der Waals surface area contributed by atoms with Gasteiger partial charge >= 0.3 is 0 Å². The van der Waals surface area contributed by atoms with E-state index >= 15 is 0 Å². The molecule has 21 heavy (non-hydrogen) atoms. The van der Waals surface area contributed by atoms with Gasteiger partial charge in [0.1, 0.15) is 0 Å². The van der Waals surface area contributed by atoms with Crippen molar-refractivity contribution in [2.45, 2.75) is 26.2 Å². The maximum absolute atomic E-state index is 12.6. The fourth-order valence-corrected chi connectivity index (χ4v) is 4.40. The minimum atomic E-state index is -0.327. The van der Waals surface area contributed by atoms with Gasteiger partial charge in [-0.05, 0) is 31.4 Å². The largest absolute Gasteiger partial charge is 0.342 e. The molecule has 0 aromatic carbocycles. The lowest BCUT2D eigenvalue weighted by atomic mass is 9.85. The third kappa shape index (κ3) is 2.57. The molecule has 1 aromatic heterocycles. The van der Waals surface area contributed by atoms with Crippen molar-refractivity contribution in [2.24, 2.45) is 5.41 Å². The summed E-state index contributed by atoms with van der Waals surface area (Å²) in [7, 11) is 0. The van der Waals surface area contributed by atoms with Crippen LogP contribution in [0.4, 0.5) is 0 Å². The molecule has 6 heteroatoms. The first-order valence-corrected chi connectivity index (χ1v) is 8.59. The van der Waals surface area contributed by atoms with Crippen molar-refractivity contribution in [3.8, 4) is 0 Å². The molecule has 0 radical (unpaired) electrons. The van der Waals surface area contributed by atoms with E-state index in [9.17, 15) is 9.59 Å². The zero-order valence-electron chi connectivity index (χ0n) is 12.1. The van der Waals surface area contributed by atoms with Crippen LogP contribution in [0.25, 0.3) is 0 Å². The summed E-state index contributed by atoms with van der Waals surface area (Å²) in [6.07, 6.45) is 2.65. The Hall–Kier alpha value is -1.07. The van der Waals surface area contributed by atoms with Crippen LogP contribution in [0.3, 0.4) is 0 Å². The van der Waals surface area contributed by atoms with Gasteiger partial charge in [-0.3, -0.25) is 9.59 Å². The predicted molar refractivity (Wildman–Crippen MR) is 83.8 cm³/mol. The van der Waals surface area contributed by atoms with Crippen molar-refractivity contribution < 1.29 is 9.59 Å². The van der Waals surface area contributed by atoms with Gasteiger partial charge < -0.3 is 9.80 Å². The molecule has 0 bridgehead atoms. The third-order valence-electron chi connectivity index (χ3n) is 4.52. The van der Waals surface area contributed by atoms with Crippen LogP contribution < -0.4 is 0 Å². The Kier molecular flexibility index (Phi) is 3.97. The maximum Gasteiger partial charge on any atom is 0.264 e. The predicted octanol–water partition coefficient (Wildman–Crippen LogP) is 2.88. The second-order valence-electron chi connectivity index (χ2n) is 5.90. The minimum Gasteiger partial charge on any atom is -0.342 e. The average Bonchev–Trinajstić information content (AvgIpc) is 3.15. The van der Waals surface area contributed by atoms with Crippen LogP contribution in [-0.4, -0.2) is 47.8 Å². The smallest absolute Gasteiger partial charge is 0.264 e. The molecule has 0 N–H and O–H groups in total. The minimum absolute atomic E-state index is 0.00511. The highest BCUT2D eigenvalue weighted by Gasteiger charge is 2.51. The summed E-state index contributed by atoms with van der Waals surface area (Å²) in [5.74, 6) is 0.245. The topological polar surface area (TPSA) is 40.6 Å². The van der Waals surface area contributed by atoms with E-state index in [-0.39, 0.29) is 17.2 Å². The van der Waals surface area contributed by atoms with Crippen LogP contribution in [0, 0.1) is 5.41 Å². The van der Waals surface area contributed by atoms with Gasteiger partial charge in [0.05, 0.1) is 14.6 Å². The first kappa shape index (κ1) is 14.9. The van der Waals surface area contributed by atoms with Gasteiger partial charge in [0, 0.05) is 26.2 Å². The van der Waals surface area contributed by atoms with Crippen molar-refractivity contribution in [1.29, 1.82) is 0 Å². The Morgan fingerprint density at radius 2 is 2.14 bits per heavy atom. The van der Waals surface area contributed by atoms with Crippen LogP contribution >= 0.6 is 22.9 Å². The molecule has 0 saturated carbocycles. The van der Waals surface area contributed by atoms with E-state index in [1.54, 1.807) is 12.1 Å². The molecular weight excluding hydrogens is 308 g/mol. The highest BCUT2D eigenvalue weighted by Crippen LogP contribution is 2.41. The fraction of sp³-hybridized carbons (Fsp3) is 0.600. The molecular formula is C15H19ClN2O2S. The van der Waals surface area contributed by atoms with E-state index in [1.807, 2.05) is 9.80 Å². The van der Waals surface area contributed by atoms with Crippen molar-refractivity contribution in [2.75, 3.05) is 26.2 Å². The Labute approximate surface area is 133 Å². The van der Waals surface area contributed by atoms with Crippen molar-refractivity contribution >= 4 is 34.8 Å². The van der Waals surface area contributed by atoms with Gasteiger partial charge in [-0.25, -0.2) is 0 Å². The zero-order chi connectivity index (χ0) is 15.0. The lowest BCUT2D eigenvalue weighted by Crippen LogP contribution is -2.38. The quantitative estimate of drug-likeness (QED) is 0.857. The molecule has 1 aromatic rings. The molecule has 2 aliphatic heterocycles. The normalized spacial score (nSPS) is 25.3. The second kappa shape index (κ2) is 5.61. The van der Waals surface area contributed by atoms with E-state index in [4.69, 9.17) is 11.6 Å². The Morgan fingerprint density at radius 1 is 1.38 bits per heavy atom. The molecule has 0 aliphatic carbocycles. The number of amides is 2. The van der Waals surface area contributed by atoms with E-state index in [0.717, 1.165) is 32.4 Å². The van der Waals surface area contributed by atoms with Crippen LogP contribution in [0.1, 0.15) is 35.9 Å². The van der Waals surface area contributed by atoms with Gasteiger partial charge in [0.15, 0.2) is 0 Å². The Morgan fingerprint density at radius 3 is 2.81 bits per heavy atom. The molecule has 3 rings (SSSR count). The summed E-state index contributed by atoms with van der Waals surface area (Å²) in [6.45, 7) is 4.97. The van der Waals surface area contributed by atoms with Gasteiger partial charge in [0.2, 0.25) is 5.91 Å². The Bertz CT molecular complexity index is 574. The molecule has 1 unspecified atom stereocenters. The third-order valence-corrected chi connectivity index (χ3v) is 5.74. The van der Waals surface area contributed by atoms with Crippen LogP contribution in [0.5, 0.6) is 0 Å². The van der Waals surface area contributed by atoms with Gasteiger partial charge in [-0.1, -0.05) is 18.5 Å². The molecule has 4 nitrogen and oxygen atoms in total. The Balaban J connectivity index is 1.71. The summed E-state index contributed by atoms with van der Waals surface area (Å²) >= 11 is 7.20. The van der Waals surface area contributed by atoms with Crippen molar-refractivity contribution in [3.05, 3.63) is 21.3 Å². The summed E-state index contributed by atoms with van der Waals surface area (Å²) in [5.41, 5.74) is -0.327. The molecule has 1 atom stereocenters. The van der Waals surface area contributed by atoms with Gasteiger partial charge in [-0.15, -0.1) is 11.3 Å². The number of carbonyl (C=O) groups is 2. The first-order chi connectivity index (χ1) is 10.1. The first-order valence-electron chi connectivity index (χ1n) is 7.40. The number of thiophene rings is 1. The summed E-state index contributed by atoms with van der Waals surface area (Å²) < 4.78 is 0.623. The summed E-state index contributed by atoms with van der Waals surface area (Å²) in [5, 5.41) is 0. The molecule has 2 saturated heterocycles. The van der Waals surface area contributed by atoms with Gasteiger partial charge in [-0.2, -0.15) is 0 Å².